The molecule has 2 aliphatic heterocycles. The first-order chi connectivity index (χ1) is 25.7. The number of allylic oxidation sites excluding steroid dienone is 1. The molecular weight excluding hydrogens is 725 g/mol. The van der Waals surface area contributed by atoms with Gasteiger partial charge in [-0.2, -0.15) is 4.98 Å². The molecule has 0 spiro atoms. The molecule has 4 amide bonds. The fraction of sp³-hybridized carbons (Fsp3) is 0.595. The predicted octanol–water partition coefficient (Wildman–Crippen LogP) is 3.46. The quantitative estimate of drug-likeness (QED) is 0.258. The van der Waals surface area contributed by atoms with E-state index in [-0.39, 0.29) is 49.9 Å². The van der Waals surface area contributed by atoms with Gasteiger partial charge >= 0.3 is 6.09 Å². The summed E-state index contributed by atoms with van der Waals surface area (Å²) in [6, 6.07) is 4.53. The lowest BCUT2D eigenvalue weighted by Gasteiger charge is -2.33. The van der Waals surface area contributed by atoms with E-state index >= 15 is 0 Å². The molecule has 6 rings (SSSR count). The van der Waals surface area contributed by atoms with Crippen molar-refractivity contribution >= 4 is 44.6 Å². The van der Waals surface area contributed by atoms with E-state index in [0.29, 0.717) is 42.2 Å². The minimum absolute atomic E-state index is 0.0669. The molecule has 0 radical (unpaired) electrons. The van der Waals surface area contributed by atoms with Crippen LogP contribution in [0.1, 0.15) is 65.2 Å². The fourth-order valence-corrected chi connectivity index (χ4v) is 9.19. The summed E-state index contributed by atoms with van der Waals surface area (Å²) in [5, 5.41) is 16.4. The maximum atomic E-state index is 14.6. The molecule has 4 N–H and O–H groups in total. The summed E-state index contributed by atoms with van der Waals surface area (Å²) in [5.74, 6) is -2.24. The SMILES string of the molecule is CC[C@@H]1C[C@@H](C)CCC=C[C@@H]2C[C@@]2(C(=O)NS(=O)(=O)C2(CF)CC2)NC(=O)[C@@H]2C[C@@H](Oc3nc(OC)cc4cc(OC)ccc34)CN2C(=O)[C@H]1NC(=O)O. The van der Waals surface area contributed by atoms with Crippen molar-refractivity contribution in [1.82, 2.24) is 25.2 Å². The lowest BCUT2D eigenvalue weighted by molar-refractivity contribution is -0.142. The Morgan fingerprint density at radius 1 is 1.15 bits per heavy atom. The molecule has 2 aliphatic carbocycles. The zero-order valence-corrected chi connectivity index (χ0v) is 31.6. The van der Waals surface area contributed by atoms with Gasteiger partial charge in [0.2, 0.25) is 33.6 Å². The van der Waals surface area contributed by atoms with Crippen molar-refractivity contribution < 1.29 is 51.3 Å². The number of amides is 4. The Hall–Kier alpha value is -4.67. The number of rotatable bonds is 10. The van der Waals surface area contributed by atoms with E-state index < -0.39 is 80.8 Å². The minimum atomic E-state index is -4.40. The molecule has 4 aliphatic rings. The van der Waals surface area contributed by atoms with Crippen molar-refractivity contribution in [2.24, 2.45) is 17.8 Å². The number of fused-ring (bicyclic) bond motifs is 3. The highest BCUT2D eigenvalue weighted by Gasteiger charge is 2.64. The zero-order chi connectivity index (χ0) is 39.0. The van der Waals surface area contributed by atoms with Crippen LogP contribution in [0.2, 0.25) is 0 Å². The first-order valence-electron chi connectivity index (χ1n) is 18.3. The second-order valence-electron chi connectivity index (χ2n) is 15.0. The lowest BCUT2D eigenvalue weighted by Crippen LogP contribution is -2.59. The number of nitrogens with zero attached hydrogens (tertiary/aromatic N) is 2. The second-order valence-corrected chi connectivity index (χ2v) is 17.1. The summed E-state index contributed by atoms with van der Waals surface area (Å²) in [6.07, 6.45) is 3.91. The van der Waals surface area contributed by atoms with Gasteiger partial charge in [-0.3, -0.25) is 19.1 Å². The molecule has 2 aromatic rings. The van der Waals surface area contributed by atoms with Crippen LogP contribution in [-0.2, 0) is 24.4 Å². The Morgan fingerprint density at radius 3 is 2.56 bits per heavy atom. The number of hydrogen-bond acceptors (Lipinski definition) is 10. The van der Waals surface area contributed by atoms with Gasteiger partial charge in [0.05, 0.1) is 20.8 Å². The summed E-state index contributed by atoms with van der Waals surface area (Å²) in [6.45, 7) is 2.62. The van der Waals surface area contributed by atoms with Crippen LogP contribution in [0.25, 0.3) is 10.8 Å². The largest absolute Gasteiger partial charge is 0.497 e. The van der Waals surface area contributed by atoms with Crippen LogP contribution in [0.4, 0.5) is 9.18 Å². The minimum Gasteiger partial charge on any atom is -0.497 e. The number of aromatic nitrogens is 1. The third-order valence-electron chi connectivity index (χ3n) is 11.4. The third-order valence-corrected chi connectivity index (χ3v) is 13.5. The summed E-state index contributed by atoms with van der Waals surface area (Å²) in [7, 11) is -1.41. The van der Waals surface area contributed by atoms with Gasteiger partial charge in [0.15, 0.2) is 0 Å². The predicted molar refractivity (Wildman–Crippen MR) is 194 cm³/mol. The number of carbonyl (C=O) groups is 4. The molecule has 0 bridgehead atoms. The van der Waals surface area contributed by atoms with E-state index in [9.17, 15) is 37.1 Å². The van der Waals surface area contributed by atoms with Gasteiger partial charge in [0.25, 0.3) is 5.91 Å². The van der Waals surface area contributed by atoms with Crippen LogP contribution in [0.3, 0.4) is 0 Å². The van der Waals surface area contributed by atoms with E-state index in [0.717, 1.165) is 0 Å². The Balaban J connectivity index is 1.36. The van der Waals surface area contributed by atoms with Gasteiger partial charge in [-0.15, -0.1) is 0 Å². The first-order valence-corrected chi connectivity index (χ1v) is 19.8. The number of benzene rings is 1. The number of ether oxygens (including phenoxy) is 3. The van der Waals surface area contributed by atoms with Crippen molar-refractivity contribution in [2.45, 2.75) is 93.7 Å². The van der Waals surface area contributed by atoms with E-state index in [1.807, 2.05) is 19.9 Å². The van der Waals surface area contributed by atoms with Crippen LogP contribution in [0.15, 0.2) is 36.4 Å². The average molecular weight is 774 g/mol. The number of methoxy groups -OCH3 is 2. The number of carbonyl (C=O) groups excluding carboxylic acids is 3. The van der Waals surface area contributed by atoms with Crippen molar-refractivity contribution in [2.75, 3.05) is 27.4 Å². The van der Waals surface area contributed by atoms with Gasteiger partial charge in [0.1, 0.15) is 40.9 Å². The molecule has 7 atom stereocenters. The normalized spacial score (nSPS) is 29.5. The maximum absolute atomic E-state index is 14.6. The van der Waals surface area contributed by atoms with Gasteiger partial charge in [-0.05, 0) is 73.9 Å². The van der Waals surface area contributed by atoms with Gasteiger partial charge in [-0.25, -0.2) is 17.6 Å². The Labute approximate surface area is 313 Å². The van der Waals surface area contributed by atoms with Crippen LogP contribution >= 0.6 is 0 Å². The van der Waals surface area contributed by atoms with Crippen LogP contribution < -0.4 is 29.6 Å². The van der Waals surface area contributed by atoms with Crippen molar-refractivity contribution in [3.05, 3.63) is 36.4 Å². The third kappa shape index (κ3) is 7.64. The van der Waals surface area contributed by atoms with Gasteiger partial charge in [-0.1, -0.05) is 32.4 Å². The van der Waals surface area contributed by atoms with Crippen LogP contribution in [0.5, 0.6) is 17.5 Å². The topological polar surface area (TPSA) is 203 Å². The number of hydrogen-bond donors (Lipinski definition) is 4. The first kappa shape index (κ1) is 39.0. The summed E-state index contributed by atoms with van der Waals surface area (Å²) >= 11 is 0. The monoisotopic (exact) mass is 773 g/mol. The molecule has 54 heavy (non-hydrogen) atoms. The van der Waals surface area contributed by atoms with Crippen LogP contribution in [-0.4, -0.2) is 103 Å². The molecule has 3 heterocycles. The Bertz CT molecular complexity index is 1940. The molecule has 0 unspecified atom stereocenters. The molecule has 2 saturated carbocycles. The van der Waals surface area contributed by atoms with Crippen molar-refractivity contribution in [3.8, 4) is 17.5 Å². The van der Waals surface area contributed by atoms with Crippen molar-refractivity contribution in [3.63, 3.8) is 0 Å². The number of halogens is 1. The maximum Gasteiger partial charge on any atom is 0.405 e. The van der Waals surface area contributed by atoms with E-state index in [4.69, 9.17) is 14.2 Å². The highest BCUT2D eigenvalue weighted by atomic mass is 32.2. The molecule has 15 nitrogen and oxygen atoms in total. The number of nitrogens with one attached hydrogen (secondary N) is 3. The van der Waals surface area contributed by atoms with E-state index in [2.05, 4.69) is 20.3 Å². The molecule has 1 aromatic carbocycles. The highest BCUT2D eigenvalue weighted by Crippen LogP contribution is 2.48. The van der Waals surface area contributed by atoms with E-state index in [1.165, 1.54) is 19.1 Å². The second kappa shape index (κ2) is 15.2. The van der Waals surface area contributed by atoms with Crippen molar-refractivity contribution in [1.29, 1.82) is 0 Å². The molecule has 1 saturated heterocycles. The average Bonchev–Trinajstić information content (AvgIpc) is 4.05. The number of sulfonamides is 1. The molecule has 294 valence electrons. The fourth-order valence-electron chi connectivity index (χ4n) is 7.76. The molecule has 17 heteroatoms. The smallest absolute Gasteiger partial charge is 0.405 e. The van der Waals surface area contributed by atoms with Gasteiger partial charge < -0.3 is 34.9 Å². The lowest BCUT2D eigenvalue weighted by atomic mass is 9.85. The zero-order valence-electron chi connectivity index (χ0n) is 30.8. The Morgan fingerprint density at radius 2 is 1.91 bits per heavy atom. The van der Waals surface area contributed by atoms with E-state index in [1.54, 1.807) is 30.3 Å². The number of pyridine rings is 1. The summed E-state index contributed by atoms with van der Waals surface area (Å²) in [5.41, 5.74) is -1.68. The number of alkyl halides is 1. The molecular formula is C37H48FN5O10S. The highest BCUT2D eigenvalue weighted by molar-refractivity contribution is 7.91. The summed E-state index contributed by atoms with van der Waals surface area (Å²) < 4.78 is 57.6. The van der Waals surface area contributed by atoms with Gasteiger partial charge in [0, 0.05) is 23.8 Å². The van der Waals surface area contributed by atoms with Crippen LogP contribution in [0, 0.1) is 17.8 Å². The standard InChI is InChI=1S/C37H48FN5O10S/c1-5-22-14-21(2)8-6-7-9-24-18-37(24,34(46)42-54(49,50)36(20-38)12-13-36)41-31(44)28-17-26(19-43(28)33(45)30(22)40-35(47)48)53-32-27-11-10-25(51-3)15-23(27)16-29(39-32)52-4/h7,9-11,15-16,21-22,24,26,28,30,40H,5-6,8,12-14,17-20H2,1-4H3,(H,41,44)(H,42,46)(H,47,48)/t21-,22+,24+,26+,28-,30-,37+/m0/s1. The molecule has 1 aromatic heterocycles. The number of carboxylic acid groups (broad SMARTS) is 1. The Kier molecular flexibility index (Phi) is 11.0. The summed E-state index contributed by atoms with van der Waals surface area (Å²) in [4.78, 5) is 60.7. The molecule has 3 fully saturated rings.